The Hall–Kier alpha value is -0.530. The van der Waals surface area contributed by atoms with Gasteiger partial charge in [0, 0.05) is 11.1 Å². The van der Waals surface area contributed by atoms with Gasteiger partial charge in [0.05, 0.1) is 0 Å². The summed E-state index contributed by atoms with van der Waals surface area (Å²) in [6.07, 6.45) is 6.58. The largest absolute Gasteiger partial charge is 0.296 e. The van der Waals surface area contributed by atoms with Crippen LogP contribution in [-0.4, -0.2) is 18.0 Å². The predicted octanol–water partition coefficient (Wildman–Crippen LogP) is 4.67. The van der Waals surface area contributed by atoms with Crippen LogP contribution < -0.4 is 0 Å². The van der Waals surface area contributed by atoms with Crippen molar-refractivity contribution in [2.24, 2.45) is 0 Å². The van der Waals surface area contributed by atoms with E-state index in [2.05, 4.69) is 24.0 Å². The Kier molecular flexibility index (Phi) is 4.87. The van der Waals surface area contributed by atoms with Gasteiger partial charge in [-0.3, -0.25) is 4.90 Å². The van der Waals surface area contributed by atoms with Crippen molar-refractivity contribution in [3.8, 4) is 0 Å². The Balaban J connectivity index is 2.10. The molecule has 0 saturated carbocycles. The normalized spacial score (nSPS) is 18.5. The SMILES string of the molecule is CCCCC(c1ccc(Cl)cc1)N1CCCC1. The van der Waals surface area contributed by atoms with Crippen LogP contribution in [0.25, 0.3) is 0 Å². The summed E-state index contributed by atoms with van der Waals surface area (Å²) in [6.45, 7) is 4.79. The molecule has 0 aromatic heterocycles. The van der Waals surface area contributed by atoms with Gasteiger partial charge >= 0.3 is 0 Å². The minimum absolute atomic E-state index is 0.606. The summed E-state index contributed by atoms with van der Waals surface area (Å²) in [5.41, 5.74) is 1.43. The summed E-state index contributed by atoms with van der Waals surface area (Å²) in [6, 6.07) is 9.04. The maximum Gasteiger partial charge on any atom is 0.0406 e. The molecule has 2 rings (SSSR count). The van der Waals surface area contributed by atoms with Crippen LogP contribution in [0, 0.1) is 0 Å². The highest BCUT2D eigenvalue weighted by Gasteiger charge is 2.22. The lowest BCUT2D eigenvalue weighted by Gasteiger charge is -2.28. The van der Waals surface area contributed by atoms with Gasteiger partial charge < -0.3 is 0 Å². The topological polar surface area (TPSA) is 3.24 Å². The lowest BCUT2D eigenvalue weighted by Crippen LogP contribution is -2.25. The standard InChI is InChI=1S/C15H22ClN/c1-2-3-6-15(17-11-4-5-12-17)13-7-9-14(16)10-8-13/h7-10,15H,2-6,11-12H2,1H3. The Morgan fingerprint density at radius 3 is 2.41 bits per heavy atom. The Labute approximate surface area is 110 Å². The number of hydrogen-bond donors (Lipinski definition) is 0. The molecule has 1 saturated heterocycles. The van der Waals surface area contributed by atoms with Crippen LogP contribution in [-0.2, 0) is 0 Å². The molecular formula is C15H22ClN. The van der Waals surface area contributed by atoms with Crippen LogP contribution in [0.4, 0.5) is 0 Å². The van der Waals surface area contributed by atoms with E-state index in [0.29, 0.717) is 6.04 Å². The van der Waals surface area contributed by atoms with Gasteiger partial charge in [-0.2, -0.15) is 0 Å². The van der Waals surface area contributed by atoms with E-state index < -0.39 is 0 Å². The molecule has 1 heterocycles. The Morgan fingerprint density at radius 1 is 1.18 bits per heavy atom. The van der Waals surface area contributed by atoms with Crippen molar-refractivity contribution < 1.29 is 0 Å². The van der Waals surface area contributed by atoms with Crippen LogP contribution >= 0.6 is 11.6 Å². The van der Waals surface area contributed by atoms with Crippen molar-refractivity contribution in [3.05, 3.63) is 34.9 Å². The number of benzene rings is 1. The van der Waals surface area contributed by atoms with Gasteiger partial charge in [-0.15, -0.1) is 0 Å². The maximum atomic E-state index is 5.97. The zero-order valence-electron chi connectivity index (χ0n) is 10.7. The molecule has 2 heteroatoms. The number of halogens is 1. The predicted molar refractivity (Wildman–Crippen MR) is 74.5 cm³/mol. The minimum Gasteiger partial charge on any atom is -0.296 e. The van der Waals surface area contributed by atoms with Crippen molar-refractivity contribution >= 4 is 11.6 Å². The number of unbranched alkanes of at least 4 members (excludes halogenated alkanes) is 1. The van der Waals surface area contributed by atoms with Crippen LogP contribution in [0.3, 0.4) is 0 Å². The van der Waals surface area contributed by atoms with Crippen molar-refractivity contribution in [3.63, 3.8) is 0 Å². The van der Waals surface area contributed by atoms with Crippen LogP contribution in [0.5, 0.6) is 0 Å². The second kappa shape index (κ2) is 6.42. The molecule has 0 spiro atoms. The molecule has 1 unspecified atom stereocenters. The highest BCUT2D eigenvalue weighted by Crippen LogP contribution is 2.30. The third kappa shape index (κ3) is 3.46. The summed E-state index contributed by atoms with van der Waals surface area (Å²) >= 11 is 5.97. The fraction of sp³-hybridized carbons (Fsp3) is 0.600. The number of nitrogens with zero attached hydrogens (tertiary/aromatic N) is 1. The molecule has 1 aromatic rings. The van der Waals surface area contributed by atoms with E-state index in [1.165, 1.54) is 50.8 Å². The van der Waals surface area contributed by atoms with Gasteiger partial charge in [-0.1, -0.05) is 43.5 Å². The first-order chi connectivity index (χ1) is 8.31. The van der Waals surface area contributed by atoms with Gasteiger partial charge in [-0.25, -0.2) is 0 Å². The lowest BCUT2D eigenvalue weighted by molar-refractivity contribution is 0.229. The number of rotatable bonds is 5. The first kappa shape index (κ1) is 12.9. The van der Waals surface area contributed by atoms with Crippen LogP contribution in [0.1, 0.15) is 50.6 Å². The number of hydrogen-bond acceptors (Lipinski definition) is 1. The minimum atomic E-state index is 0.606. The smallest absolute Gasteiger partial charge is 0.0406 e. The average Bonchev–Trinajstić information content (AvgIpc) is 2.85. The van der Waals surface area contributed by atoms with Gasteiger partial charge in [0.25, 0.3) is 0 Å². The molecule has 0 radical (unpaired) electrons. The van der Waals surface area contributed by atoms with E-state index >= 15 is 0 Å². The lowest BCUT2D eigenvalue weighted by atomic mass is 10.00. The molecular weight excluding hydrogens is 230 g/mol. The molecule has 1 fully saturated rings. The second-order valence-electron chi connectivity index (χ2n) is 4.95. The van der Waals surface area contributed by atoms with E-state index in [4.69, 9.17) is 11.6 Å². The third-order valence-electron chi connectivity index (χ3n) is 3.67. The summed E-state index contributed by atoms with van der Waals surface area (Å²) in [5, 5.41) is 0.837. The molecule has 0 bridgehead atoms. The molecule has 0 N–H and O–H groups in total. The van der Waals surface area contributed by atoms with E-state index in [9.17, 15) is 0 Å². The van der Waals surface area contributed by atoms with E-state index in [0.717, 1.165) is 5.02 Å². The Bertz CT molecular complexity index is 327. The maximum absolute atomic E-state index is 5.97. The van der Waals surface area contributed by atoms with Crippen molar-refractivity contribution in [1.29, 1.82) is 0 Å². The molecule has 17 heavy (non-hydrogen) atoms. The molecule has 1 aliphatic rings. The highest BCUT2D eigenvalue weighted by atomic mass is 35.5. The summed E-state index contributed by atoms with van der Waals surface area (Å²) < 4.78 is 0. The van der Waals surface area contributed by atoms with Gasteiger partial charge in [-0.05, 0) is 50.0 Å². The van der Waals surface area contributed by atoms with Crippen molar-refractivity contribution in [1.82, 2.24) is 4.90 Å². The van der Waals surface area contributed by atoms with Gasteiger partial charge in [0.2, 0.25) is 0 Å². The van der Waals surface area contributed by atoms with E-state index in [1.54, 1.807) is 0 Å². The van der Waals surface area contributed by atoms with E-state index in [-0.39, 0.29) is 0 Å². The molecule has 0 aliphatic carbocycles. The van der Waals surface area contributed by atoms with Gasteiger partial charge in [0.1, 0.15) is 0 Å². The summed E-state index contributed by atoms with van der Waals surface area (Å²) in [4.78, 5) is 2.64. The van der Waals surface area contributed by atoms with E-state index in [1.807, 2.05) is 12.1 Å². The van der Waals surface area contributed by atoms with Crippen molar-refractivity contribution in [2.75, 3.05) is 13.1 Å². The highest BCUT2D eigenvalue weighted by molar-refractivity contribution is 6.30. The number of likely N-dealkylation sites (tertiary alicyclic amines) is 1. The zero-order chi connectivity index (χ0) is 12.1. The monoisotopic (exact) mass is 251 g/mol. The Morgan fingerprint density at radius 2 is 1.82 bits per heavy atom. The van der Waals surface area contributed by atoms with Crippen LogP contribution in [0.2, 0.25) is 5.02 Å². The molecule has 1 aromatic carbocycles. The third-order valence-corrected chi connectivity index (χ3v) is 3.92. The molecule has 1 aliphatic heterocycles. The molecule has 1 nitrogen and oxygen atoms in total. The molecule has 0 amide bonds. The van der Waals surface area contributed by atoms with Gasteiger partial charge in [0.15, 0.2) is 0 Å². The molecule has 94 valence electrons. The fourth-order valence-corrected chi connectivity index (χ4v) is 2.82. The summed E-state index contributed by atoms with van der Waals surface area (Å²) in [7, 11) is 0. The molecule has 1 atom stereocenters. The fourth-order valence-electron chi connectivity index (χ4n) is 2.70. The average molecular weight is 252 g/mol. The second-order valence-corrected chi connectivity index (χ2v) is 5.39. The first-order valence-electron chi connectivity index (χ1n) is 6.81. The van der Waals surface area contributed by atoms with Crippen LogP contribution in [0.15, 0.2) is 24.3 Å². The summed E-state index contributed by atoms with van der Waals surface area (Å²) in [5.74, 6) is 0. The zero-order valence-corrected chi connectivity index (χ0v) is 11.4. The first-order valence-corrected chi connectivity index (χ1v) is 7.18. The van der Waals surface area contributed by atoms with Crippen molar-refractivity contribution in [2.45, 2.75) is 45.1 Å². The quantitative estimate of drug-likeness (QED) is 0.735.